The van der Waals surface area contributed by atoms with Crippen molar-refractivity contribution in [3.05, 3.63) is 29.3 Å². The van der Waals surface area contributed by atoms with Crippen LogP contribution in [-0.2, 0) is 20.7 Å². The van der Waals surface area contributed by atoms with E-state index >= 15 is 0 Å². The standard InChI is InChI=1S/C12H11NO4/c1-2-11(15)17-12(16)8-4-3-7-6-10(14)13-9(7)5-8/h3-5H,2,6H2,1H3,(H,13,14). The second-order valence-electron chi connectivity index (χ2n) is 3.71. The van der Waals surface area contributed by atoms with Gasteiger partial charge < -0.3 is 10.1 Å². The molecule has 0 unspecified atom stereocenters. The Balaban J connectivity index is 2.18. The SMILES string of the molecule is CCC(=O)OC(=O)c1ccc2c(c1)NC(=O)C2. The Kier molecular flexibility index (Phi) is 2.91. The number of carbonyl (C=O) groups excluding carboxylic acids is 3. The van der Waals surface area contributed by atoms with Crippen molar-refractivity contribution in [2.75, 3.05) is 5.32 Å². The Morgan fingerprint density at radius 1 is 1.41 bits per heavy atom. The van der Waals surface area contributed by atoms with Crippen LogP contribution < -0.4 is 5.32 Å². The summed E-state index contributed by atoms with van der Waals surface area (Å²) in [5, 5.41) is 2.63. The van der Waals surface area contributed by atoms with Gasteiger partial charge in [-0.3, -0.25) is 9.59 Å². The molecule has 0 radical (unpaired) electrons. The highest BCUT2D eigenvalue weighted by Gasteiger charge is 2.20. The highest BCUT2D eigenvalue weighted by molar-refractivity contribution is 6.02. The fourth-order valence-corrected chi connectivity index (χ4v) is 1.58. The third-order valence-electron chi connectivity index (χ3n) is 2.47. The number of hydrogen-bond acceptors (Lipinski definition) is 4. The average Bonchev–Trinajstić information content (AvgIpc) is 2.67. The Bertz CT molecular complexity index is 507. The molecule has 0 aromatic heterocycles. The molecule has 0 spiro atoms. The van der Waals surface area contributed by atoms with E-state index in [0.717, 1.165) is 5.56 Å². The summed E-state index contributed by atoms with van der Waals surface area (Å²) in [5.41, 5.74) is 1.70. The van der Waals surface area contributed by atoms with Crippen LogP contribution in [0.1, 0.15) is 29.3 Å². The summed E-state index contributed by atoms with van der Waals surface area (Å²) in [5.74, 6) is -1.37. The van der Waals surface area contributed by atoms with Crippen LogP contribution >= 0.6 is 0 Å². The lowest BCUT2D eigenvalue weighted by atomic mass is 10.1. The number of hydrogen-bond donors (Lipinski definition) is 1. The van der Waals surface area contributed by atoms with Gasteiger partial charge >= 0.3 is 11.9 Å². The summed E-state index contributed by atoms with van der Waals surface area (Å²) in [4.78, 5) is 33.6. The van der Waals surface area contributed by atoms with Crippen LogP contribution in [0.2, 0.25) is 0 Å². The highest BCUT2D eigenvalue weighted by Crippen LogP contribution is 2.24. The van der Waals surface area contributed by atoms with E-state index in [4.69, 9.17) is 0 Å². The predicted octanol–water partition coefficient (Wildman–Crippen LogP) is 1.27. The topological polar surface area (TPSA) is 72.5 Å². The van der Waals surface area contributed by atoms with Crippen LogP contribution in [-0.4, -0.2) is 17.8 Å². The maximum atomic E-state index is 11.5. The van der Waals surface area contributed by atoms with Gasteiger partial charge in [0.1, 0.15) is 0 Å². The smallest absolute Gasteiger partial charge is 0.345 e. The second-order valence-corrected chi connectivity index (χ2v) is 3.71. The van der Waals surface area contributed by atoms with Crippen LogP contribution in [0.15, 0.2) is 18.2 Å². The first-order valence-electron chi connectivity index (χ1n) is 5.28. The van der Waals surface area contributed by atoms with Gasteiger partial charge in [-0.1, -0.05) is 13.0 Å². The molecule has 0 aliphatic carbocycles. The summed E-state index contributed by atoms with van der Waals surface area (Å²) >= 11 is 0. The molecule has 0 fully saturated rings. The number of anilines is 1. The van der Waals surface area contributed by atoms with Gasteiger partial charge in [-0.15, -0.1) is 0 Å². The zero-order chi connectivity index (χ0) is 12.4. The van der Waals surface area contributed by atoms with Crippen LogP contribution in [0.3, 0.4) is 0 Å². The van der Waals surface area contributed by atoms with Crippen molar-refractivity contribution in [1.29, 1.82) is 0 Å². The molecule has 1 N–H and O–H groups in total. The zero-order valence-corrected chi connectivity index (χ0v) is 9.28. The average molecular weight is 233 g/mol. The van der Waals surface area contributed by atoms with Gasteiger partial charge in [-0.2, -0.15) is 0 Å². The zero-order valence-electron chi connectivity index (χ0n) is 9.28. The number of nitrogens with one attached hydrogen (secondary N) is 1. The molecule has 5 heteroatoms. The van der Waals surface area contributed by atoms with Crippen molar-refractivity contribution in [2.45, 2.75) is 19.8 Å². The minimum atomic E-state index is -0.694. The van der Waals surface area contributed by atoms with Gasteiger partial charge in [-0.05, 0) is 17.7 Å². The lowest BCUT2D eigenvalue weighted by Crippen LogP contribution is -2.11. The van der Waals surface area contributed by atoms with Crippen molar-refractivity contribution >= 4 is 23.5 Å². The van der Waals surface area contributed by atoms with Crippen molar-refractivity contribution in [2.24, 2.45) is 0 Å². The first-order valence-corrected chi connectivity index (χ1v) is 5.28. The van der Waals surface area contributed by atoms with Crippen LogP contribution in [0.25, 0.3) is 0 Å². The van der Waals surface area contributed by atoms with E-state index in [-0.39, 0.29) is 17.9 Å². The van der Waals surface area contributed by atoms with Crippen molar-refractivity contribution < 1.29 is 19.1 Å². The largest absolute Gasteiger partial charge is 0.389 e. The Hall–Kier alpha value is -2.17. The first kappa shape index (κ1) is 11.3. The van der Waals surface area contributed by atoms with E-state index in [1.807, 2.05) is 0 Å². The minimum absolute atomic E-state index is 0.102. The Morgan fingerprint density at radius 3 is 2.88 bits per heavy atom. The predicted molar refractivity (Wildman–Crippen MR) is 59.5 cm³/mol. The monoisotopic (exact) mass is 233 g/mol. The Labute approximate surface area is 97.8 Å². The molecular weight excluding hydrogens is 222 g/mol. The maximum absolute atomic E-state index is 11.5. The molecule has 0 atom stereocenters. The Morgan fingerprint density at radius 2 is 2.18 bits per heavy atom. The summed E-state index contributed by atoms with van der Waals surface area (Å²) in [6, 6.07) is 4.75. The lowest BCUT2D eigenvalue weighted by Gasteiger charge is -2.03. The lowest BCUT2D eigenvalue weighted by molar-refractivity contribution is -0.137. The summed E-state index contributed by atoms with van der Waals surface area (Å²) in [6.45, 7) is 1.61. The molecule has 88 valence electrons. The van der Waals surface area contributed by atoms with Gasteiger partial charge in [0.15, 0.2) is 0 Å². The van der Waals surface area contributed by atoms with Crippen LogP contribution in [0, 0.1) is 0 Å². The fraction of sp³-hybridized carbons (Fsp3) is 0.250. The number of fused-ring (bicyclic) bond motifs is 1. The van der Waals surface area contributed by atoms with Crippen molar-refractivity contribution in [1.82, 2.24) is 0 Å². The molecule has 1 aromatic carbocycles. The third-order valence-corrected chi connectivity index (χ3v) is 2.47. The molecule has 1 amide bonds. The van der Waals surface area contributed by atoms with E-state index in [1.54, 1.807) is 19.1 Å². The highest BCUT2D eigenvalue weighted by atomic mass is 16.6. The third kappa shape index (κ3) is 2.33. The van der Waals surface area contributed by atoms with Crippen molar-refractivity contribution in [3.8, 4) is 0 Å². The molecule has 17 heavy (non-hydrogen) atoms. The molecule has 5 nitrogen and oxygen atoms in total. The number of carbonyl (C=O) groups is 3. The van der Waals surface area contributed by atoms with E-state index in [9.17, 15) is 14.4 Å². The molecule has 1 aliphatic rings. The quantitative estimate of drug-likeness (QED) is 0.616. The van der Waals surface area contributed by atoms with E-state index in [2.05, 4.69) is 10.1 Å². The van der Waals surface area contributed by atoms with Gasteiger partial charge in [0, 0.05) is 12.1 Å². The normalized spacial score (nSPS) is 12.9. The van der Waals surface area contributed by atoms with E-state index in [0.29, 0.717) is 12.1 Å². The molecule has 1 aliphatic heterocycles. The summed E-state index contributed by atoms with van der Waals surface area (Å²) < 4.78 is 4.58. The maximum Gasteiger partial charge on any atom is 0.345 e. The van der Waals surface area contributed by atoms with E-state index in [1.165, 1.54) is 6.07 Å². The van der Waals surface area contributed by atoms with Gasteiger partial charge in [0.05, 0.1) is 12.0 Å². The number of amides is 1. The summed E-state index contributed by atoms with van der Waals surface area (Å²) in [7, 11) is 0. The van der Waals surface area contributed by atoms with E-state index < -0.39 is 11.9 Å². The van der Waals surface area contributed by atoms with Crippen LogP contribution in [0.4, 0.5) is 5.69 Å². The van der Waals surface area contributed by atoms with Gasteiger partial charge in [0.25, 0.3) is 0 Å². The number of benzene rings is 1. The van der Waals surface area contributed by atoms with Crippen molar-refractivity contribution in [3.63, 3.8) is 0 Å². The number of rotatable bonds is 2. The first-order chi connectivity index (χ1) is 8.10. The van der Waals surface area contributed by atoms with Crippen LogP contribution in [0.5, 0.6) is 0 Å². The molecular formula is C12H11NO4. The second kappa shape index (κ2) is 4.37. The molecule has 1 heterocycles. The molecule has 1 aromatic rings. The molecule has 0 saturated heterocycles. The molecule has 0 saturated carbocycles. The van der Waals surface area contributed by atoms with Gasteiger partial charge in [0.2, 0.25) is 5.91 Å². The summed E-state index contributed by atoms with van der Waals surface area (Å²) in [6.07, 6.45) is 0.464. The molecule has 2 rings (SSSR count). The minimum Gasteiger partial charge on any atom is -0.389 e. The number of esters is 2. The molecule has 0 bridgehead atoms. The fourth-order valence-electron chi connectivity index (χ4n) is 1.58. The van der Waals surface area contributed by atoms with Gasteiger partial charge in [-0.25, -0.2) is 4.79 Å². The number of ether oxygens (including phenoxy) is 1.